The first-order valence-electron chi connectivity index (χ1n) is 14.2. The smallest absolute Gasteiger partial charge is 0.219 e. The van der Waals surface area contributed by atoms with Gasteiger partial charge in [-0.3, -0.25) is 14.6 Å². The first-order chi connectivity index (χ1) is 20.1. The van der Waals surface area contributed by atoms with Gasteiger partial charge in [-0.05, 0) is 33.7 Å². The molecule has 42 heavy (non-hydrogen) atoms. The highest BCUT2D eigenvalue weighted by molar-refractivity contribution is 5.75. The number of methoxy groups -OCH3 is 4. The lowest BCUT2D eigenvalue weighted by Crippen LogP contribution is -2.68. The minimum atomic E-state index is -0.604. The number of rotatable bonds is 7. The molecule has 0 aromatic heterocycles. The van der Waals surface area contributed by atoms with Crippen LogP contribution in [0.1, 0.15) is 58.8 Å². The number of likely N-dealkylation sites (N-methyl/N-ethyl adjacent to an activating group) is 1. The van der Waals surface area contributed by atoms with Crippen molar-refractivity contribution in [1.29, 1.82) is 5.26 Å². The average molecular weight is 581 g/mol. The monoisotopic (exact) mass is 580 g/mol. The second-order valence-corrected chi connectivity index (χ2v) is 11.2. The largest absolute Gasteiger partial charge is 0.504 e. The fourth-order valence-electron chi connectivity index (χ4n) is 7.75. The van der Waals surface area contributed by atoms with E-state index in [-0.39, 0.29) is 42.1 Å². The van der Waals surface area contributed by atoms with E-state index in [4.69, 9.17) is 18.9 Å². The van der Waals surface area contributed by atoms with Gasteiger partial charge in [-0.25, -0.2) is 0 Å². The molecule has 3 N–H and O–H groups in total. The molecule has 2 aromatic carbocycles. The van der Waals surface area contributed by atoms with Gasteiger partial charge in [0.05, 0.1) is 46.6 Å². The summed E-state index contributed by atoms with van der Waals surface area (Å²) in [4.78, 5) is 16.8. The number of nitriles is 1. The van der Waals surface area contributed by atoms with E-state index in [1.165, 1.54) is 14.2 Å². The molecule has 1 saturated heterocycles. The van der Waals surface area contributed by atoms with E-state index in [1.807, 2.05) is 20.9 Å². The van der Waals surface area contributed by atoms with Crippen molar-refractivity contribution in [2.75, 3.05) is 42.0 Å². The number of nitrogens with one attached hydrogen (secondary N) is 1. The number of aromatic hydroxyl groups is 2. The maximum absolute atomic E-state index is 12.5. The molecule has 5 rings (SSSR count). The second kappa shape index (κ2) is 11.1. The number of fused-ring (bicyclic) bond motifs is 7. The molecule has 0 spiro atoms. The lowest BCUT2D eigenvalue weighted by molar-refractivity contribution is -0.121. The first-order valence-corrected chi connectivity index (χ1v) is 14.2. The third-order valence-electron chi connectivity index (χ3n) is 9.47. The van der Waals surface area contributed by atoms with E-state index in [0.717, 1.165) is 11.1 Å². The molecule has 226 valence electrons. The Morgan fingerprint density at radius 3 is 1.90 bits per heavy atom. The first kappa shape index (κ1) is 29.6. The SMILES string of the molecule is CCC(=O)NC[C@H]1c2c(O)c(OC)c(C)c(OC)c2C[C@H]2[C@H]3c4c(O)c(OC)c(C)c(OC)c4C[C@@H](C(C#N)N12)N3C. The molecule has 0 saturated carbocycles. The molecule has 11 nitrogen and oxygen atoms in total. The average Bonchev–Trinajstić information content (AvgIpc) is 2.97. The van der Waals surface area contributed by atoms with Gasteiger partial charge in [-0.15, -0.1) is 0 Å². The van der Waals surface area contributed by atoms with Crippen LogP contribution in [-0.2, 0) is 17.6 Å². The van der Waals surface area contributed by atoms with E-state index in [9.17, 15) is 20.3 Å². The van der Waals surface area contributed by atoms with Crippen LogP contribution in [0, 0.1) is 25.2 Å². The van der Waals surface area contributed by atoms with Gasteiger partial charge in [0.2, 0.25) is 5.91 Å². The Morgan fingerprint density at radius 1 is 0.905 bits per heavy atom. The maximum Gasteiger partial charge on any atom is 0.219 e. The normalized spacial score (nSPS) is 24.5. The third kappa shape index (κ3) is 4.03. The molecule has 3 aliphatic rings. The zero-order valence-corrected chi connectivity index (χ0v) is 25.5. The summed E-state index contributed by atoms with van der Waals surface area (Å²) in [5, 5.41) is 37.0. The van der Waals surface area contributed by atoms with E-state index >= 15 is 0 Å². The number of phenolic OH excluding ortho intramolecular Hbond substituents is 2. The quantitative estimate of drug-likeness (QED) is 0.448. The molecular weight excluding hydrogens is 540 g/mol. The topological polar surface area (TPSA) is 137 Å². The van der Waals surface area contributed by atoms with Crippen LogP contribution < -0.4 is 24.3 Å². The number of benzene rings is 2. The Labute approximate surface area is 246 Å². The molecule has 3 heterocycles. The van der Waals surface area contributed by atoms with Crippen molar-refractivity contribution in [3.63, 3.8) is 0 Å². The van der Waals surface area contributed by atoms with E-state index in [1.54, 1.807) is 21.1 Å². The summed E-state index contributed by atoms with van der Waals surface area (Å²) in [5.41, 5.74) is 4.29. The second-order valence-electron chi connectivity index (χ2n) is 11.2. The molecule has 2 bridgehead atoms. The Morgan fingerprint density at radius 2 is 1.40 bits per heavy atom. The summed E-state index contributed by atoms with van der Waals surface area (Å²) >= 11 is 0. The third-order valence-corrected chi connectivity index (χ3v) is 9.47. The van der Waals surface area contributed by atoms with Gasteiger partial charge < -0.3 is 34.5 Å². The number of piperazine rings is 1. The molecule has 2 aromatic rings. The molecule has 11 heteroatoms. The van der Waals surface area contributed by atoms with E-state index < -0.39 is 12.1 Å². The molecule has 0 aliphatic carbocycles. The fraction of sp³-hybridized carbons (Fsp3) is 0.548. The zero-order chi connectivity index (χ0) is 30.6. The summed E-state index contributed by atoms with van der Waals surface area (Å²) in [6.07, 6.45) is 1.16. The van der Waals surface area contributed by atoms with Crippen molar-refractivity contribution in [2.24, 2.45) is 0 Å². The lowest BCUT2D eigenvalue weighted by Gasteiger charge is -2.60. The maximum atomic E-state index is 12.5. The minimum Gasteiger partial charge on any atom is -0.504 e. The molecule has 1 amide bonds. The molecule has 5 atom stereocenters. The molecule has 0 radical (unpaired) electrons. The van der Waals surface area contributed by atoms with Gasteiger partial charge in [0.1, 0.15) is 17.5 Å². The van der Waals surface area contributed by atoms with Crippen molar-refractivity contribution >= 4 is 5.91 Å². The number of phenols is 2. The van der Waals surface area contributed by atoms with Crippen LogP contribution in [0.25, 0.3) is 0 Å². The van der Waals surface area contributed by atoms with E-state index in [2.05, 4.69) is 21.2 Å². The van der Waals surface area contributed by atoms with Crippen LogP contribution in [0.2, 0.25) is 0 Å². The summed E-state index contributed by atoms with van der Waals surface area (Å²) in [6, 6.07) is 0.427. The number of amides is 1. The summed E-state index contributed by atoms with van der Waals surface area (Å²) < 4.78 is 23.1. The Hall–Kier alpha value is -3.88. The van der Waals surface area contributed by atoms with Crippen molar-refractivity contribution < 1.29 is 34.0 Å². The van der Waals surface area contributed by atoms with Crippen LogP contribution >= 0.6 is 0 Å². The number of nitrogens with zero attached hydrogens (tertiary/aromatic N) is 3. The van der Waals surface area contributed by atoms with Crippen molar-refractivity contribution in [2.45, 2.75) is 70.2 Å². The molecular formula is C31H40N4O7. The standard InChI is InChI=1S/C31H40N4O7/c1-9-22(36)33-13-21-23-16(28(39-5)14(2)30(41-7)26(23)37)11-19-25-24-17(10-18(34(25)4)20(12-32)35(19)21)29(40-6)15(3)31(42-8)27(24)38/h18-21,25,37-38H,9-11,13H2,1-8H3,(H,33,36)/t18-,19-,20?,21-,25-/m0/s1. The summed E-state index contributed by atoms with van der Waals surface area (Å²) in [7, 11) is 8.19. The summed E-state index contributed by atoms with van der Waals surface area (Å²) in [5.74, 6) is 1.77. The van der Waals surface area contributed by atoms with Crippen molar-refractivity contribution in [1.82, 2.24) is 15.1 Å². The van der Waals surface area contributed by atoms with Crippen molar-refractivity contribution in [3.8, 4) is 40.6 Å². The van der Waals surface area contributed by atoms with Gasteiger partial charge in [0.25, 0.3) is 0 Å². The Bertz CT molecular complexity index is 1470. The number of carbonyl (C=O) groups is 1. The lowest BCUT2D eigenvalue weighted by atomic mass is 9.71. The van der Waals surface area contributed by atoms with Crippen LogP contribution in [0.15, 0.2) is 0 Å². The number of carbonyl (C=O) groups excluding carboxylic acids is 1. The highest BCUT2D eigenvalue weighted by Gasteiger charge is 2.57. The zero-order valence-electron chi connectivity index (χ0n) is 25.5. The predicted molar refractivity (Wildman–Crippen MR) is 155 cm³/mol. The molecule has 3 aliphatic heterocycles. The van der Waals surface area contributed by atoms with Crippen molar-refractivity contribution in [3.05, 3.63) is 33.4 Å². The molecule has 1 unspecified atom stereocenters. The minimum absolute atomic E-state index is 0.0250. The van der Waals surface area contributed by atoms with Crippen LogP contribution in [0.4, 0.5) is 0 Å². The van der Waals surface area contributed by atoms with Gasteiger partial charge >= 0.3 is 0 Å². The van der Waals surface area contributed by atoms with Gasteiger partial charge in [0.15, 0.2) is 23.0 Å². The number of hydrogen-bond acceptors (Lipinski definition) is 10. The predicted octanol–water partition coefficient (Wildman–Crippen LogP) is 3.05. The summed E-state index contributed by atoms with van der Waals surface area (Å²) in [6.45, 7) is 5.63. The van der Waals surface area contributed by atoms with Crippen LogP contribution in [0.3, 0.4) is 0 Å². The van der Waals surface area contributed by atoms with E-state index in [0.29, 0.717) is 64.5 Å². The van der Waals surface area contributed by atoms with Crippen LogP contribution in [-0.4, -0.2) is 86.1 Å². The highest BCUT2D eigenvalue weighted by Crippen LogP contribution is 2.58. The Kier molecular flexibility index (Phi) is 7.81. The fourth-order valence-corrected chi connectivity index (χ4v) is 7.75. The van der Waals surface area contributed by atoms with Gasteiger partial charge in [-0.1, -0.05) is 6.92 Å². The van der Waals surface area contributed by atoms with Gasteiger partial charge in [0, 0.05) is 58.4 Å². The molecule has 1 fully saturated rings. The van der Waals surface area contributed by atoms with Crippen LogP contribution in [0.5, 0.6) is 34.5 Å². The Balaban J connectivity index is 1.82. The number of hydrogen-bond donors (Lipinski definition) is 3. The number of ether oxygens (including phenoxy) is 4. The highest BCUT2D eigenvalue weighted by atomic mass is 16.5. The van der Waals surface area contributed by atoms with Gasteiger partial charge in [-0.2, -0.15) is 5.26 Å².